The van der Waals surface area contributed by atoms with Crippen LogP contribution >= 0.6 is 0 Å². The van der Waals surface area contributed by atoms with Crippen molar-refractivity contribution >= 4 is 22.6 Å². The van der Waals surface area contributed by atoms with Gasteiger partial charge in [0.15, 0.2) is 0 Å². The van der Waals surface area contributed by atoms with Gasteiger partial charge in [-0.25, -0.2) is 4.79 Å². The van der Waals surface area contributed by atoms with Crippen LogP contribution in [-0.2, 0) is 6.42 Å². The molecular formula is C33H32N4O4. The van der Waals surface area contributed by atoms with Crippen LogP contribution in [0.4, 0.5) is 10.5 Å². The van der Waals surface area contributed by atoms with E-state index in [1.54, 1.807) is 12.1 Å². The molecule has 0 spiro atoms. The number of aliphatic hydroxyl groups excluding tert-OH is 1. The molecule has 0 bridgehead atoms. The Bertz CT molecular complexity index is 1620. The van der Waals surface area contributed by atoms with Crippen LogP contribution in [0.25, 0.3) is 10.9 Å². The molecule has 0 aliphatic rings. The molecule has 208 valence electrons. The van der Waals surface area contributed by atoms with Crippen molar-refractivity contribution < 1.29 is 15.0 Å². The lowest BCUT2D eigenvalue weighted by Gasteiger charge is -2.20. The summed E-state index contributed by atoms with van der Waals surface area (Å²) in [5, 5.41) is 30.6. The number of carbonyl (C=O) groups excluding carboxylic acids is 1. The number of amides is 2. The Morgan fingerprint density at radius 1 is 0.805 bits per heavy atom. The number of H-pyrrole nitrogens is 1. The van der Waals surface area contributed by atoms with Crippen LogP contribution in [0.5, 0.6) is 5.75 Å². The zero-order chi connectivity index (χ0) is 28.6. The highest BCUT2D eigenvalue weighted by Crippen LogP contribution is 2.28. The average Bonchev–Trinajstić information content (AvgIpc) is 3.00. The molecule has 1 unspecified atom stereocenters. The number of phenolic OH excluding ortho intramolecular Hbond substituents is 1. The molecule has 0 fully saturated rings. The monoisotopic (exact) mass is 548 g/mol. The number of rotatable bonds is 10. The predicted octanol–water partition coefficient (Wildman–Crippen LogP) is 5.01. The van der Waals surface area contributed by atoms with Gasteiger partial charge in [-0.15, -0.1) is 0 Å². The maximum absolute atomic E-state index is 12.9. The summed E-state index contributed by atoms with van der Waals surface area (Å²) >= 11 is 0. The van der Waals surface area contributed by atoms with E-state index in [4.69, 9.17) is 0 Å². The summed E-state index contributed by atoms with van der Waals surface area (Å²) in [6.45, 7) is 0.940. The lowest BCUT2D eigenvalue weighted by molar-refractivity contribution is 0.176. The number of hydrogen-bond donors (Lipinski definition) is 6. The van der Waals surface area contributed by atoms with Gasteiger partial charge in [0.1, 0.15) is 5.75 Å². The standard InChI is InChI=1S/C33H32N4O4/c38-28-17-15-26(27-16-18-30(40)36-32(27)28)29(39)21-34-20-19-22-11-13-25(14-12-22)35-33(41)37-31(23-7-3-1-4-8-23)24-9-5-2-6-10-24/h1-18,29,31,34,38-39H,19-21H2,(H,36,40)(H2,35,37,41). The van der Waals surface area contributed by atoms with E-state index in [0.717, 1.165) is 23.1 Å². The van der Waals surface area contributed by atoms with Gasteiger partial charge in [-0.2, -0.15) is 0 Å². The van der Waals surface area contributed by atoms with Gasteiger partial charge in [-0.3, -0.25) is 4.79 Å². The van der Waals surface area contributed by atoms with Crippen LogP contribution in [0.15, 0.2) is 114 Å². The molecule has 1 heterocycles. The molecule has 4 aromatic carbocycles. The van der Waals surface area contributed by atoms with Crippen molar-refractivity contribution in [1.29, 1.82) is 0 Å². The first kappa shape index (κ1) is 27.6. The molecular weight excluding hydrogens is 516 g/mol. The van der Waals surface area contributed by atoms with E-state index in [1.807, 2.05) is 84.9 Å². The fraction of sp³-hybridized carbons (Fsp3) is 0.152. The summed E-state index contributed by atoms with van der Waals surface area (Å²) in [4.78, 5) is 27.1. The van der Waals surface area contributed by atoms with Crippen molar-refractivity contribution in [3.8, 4) is 5.75 Å². The van der Waals surface area contributed by atoms with Gasteiger partial charge >= 0.3 is 6.03 Å². The number of aliphatic hydroxyl groups is 1. The number of phenols is 1. The average molecular weight is 549 g/mol. The van der Waals surface area contributed by atoms with Crippen LogP contribution < -0.4 is 21.5 Å². The summed E-state index contributed by atoms with van der Waals surface area (Å²) < 4.78 is 0. The molecule has 8 nitrogen and oxygen atoms in total. The maximum Gasteiger partial charge on any atom is 0.319 e. The van der Waals surface area contributed by atoms with Crippen LogP contribution in [0, 0.1) is 0 Å². The predicted molar refractivity (Wildman–Crippen MR) is 161 cm³/mol. The van der Waals surface area contributed by atoms with Crippen LogP contribution in [0.2, 0.25) is 0 Å². The van der Waals surface area contributed by atoms with Gasteiger partial charge in [0.25, 0.3) is 0 Å². The van der Waals surface area contributed by atoms with Gasteiger partial charge in [0.05, 0.1) is 17.7 Å². The van der Waals surface area contributed by atoms with Crippen molar-refractivity contribution in [2.45, 2.75) is 18.6 Å². The summed E-state index contributed by atoms with van der Waals surface area (Å²) in [6, 6.07) is 32.9. The van der Waals surface area contributed by atoms with Crippen molar-refractivity contribution in [2.24, 2.45) is 0 Å². The number of aromatic amines is 1. The minimum absolute atomic E-state index is 0.0377. The fourth-order valence-corrected chi connectivity index (χ4v) is 4.83. The van der Waals surface area contributed by atoms with Crippen LogP contribution in [0.1, 0.15) is 34.4 Å². The molecule has 6 N–H and O–H groups in total. The Kier molecular flexibility index (Phi) is 8.73. The van der Waals surface area contributed by atoms with Gasteiger partial charge in [-0.05, 0) is 59.5 Å². The van der Waals surface area contributed by atoms with Crippen molar-refractivity contribution in [3.05, 3.63) is 142 Å². The normalized spacial score (nSPS) is 11.9. The third-order valence-electron chi connectivity index (χ3n) is 6.95. The Morgan fingerprint density at radius 3 is 2.12 bits per heavy atom. The molecule has 0 saturated heterocycles. The summed E-state index contributed by atoms with van der Waals surface area (Å²) in [6.07, 6.45) is -0.0860. The lowest BCUT2D eigenvalue weighted by Crippen LogP contribution is -2.33. The lowest BCUT2D eigenvalue weighted by atomic mass is 9.99. The van der Waals surface area contributed by atoms with Crippen LogP contribution in [0.3, 0.4) is 0 Å². The van der Waals surface area contributed by atoms with Gasteiger partial charge < -0.3 is 31.1 Å². The smallest absolute Gasteiger partial charge is 0.319 e. The van der Waals surface area contributed by atoms with Crippen LogP contribution in [-0.4, -0.2) is 34.3 Å². The number of anilines is 1. The first-order valence-corrected chi connectivity index (χ1v) is 13.5. The second kappa shape index (κ2) is 13.0. The highest BCUT2D eigenvalue weighted by molar-refractivity contribution is 5.90. The number of nitrogens with one attached hydrogen (secondary N) is 4. The Morgan fingerprint density at radius 2 is 1.46 bits per heavy atom. The molecule has 2 amide bonds. The molecule has 41 heavy (non-hydrogen) atoms. The van der Waals surface area contributed by atoms with Crippen molar-refractivity contribution in [2.75, 3.05) is 18.4 Å². The van der Waals surface area contributed by atoms with E-state index < -0.39 is 6.10 Å². The zero-order valence-electron chi connectivity index (χ0n) is 22.4. The Labute approximate surface area is 237 Å². The number of hydrogen-bond acceptors (Lipinski definition) is 5. The molecule has 5 aromatic rings. The second-order valence-corrected chi connectivity index (χ2v) is 9.80. The molecule has 8 heteroatoms. The van der Waals surface area contributed by atoms with E-state index in [9.17, 15) is 19.8 Å². The number of aromatic nitrogens is 1. The SMILES string of the molecule is O=C(Nc1ccc(CCNCC(O)c2ccc(O)c3[nH]c(=O)ccc23)cc1)NC(c1ccccc1)c1ccccc1. The van der Waals surface area contributed by atoms with E-state index in [-0.39, 0.29) is 23.4 Å². The van der Waals surface area contributed by atoms with E-state index in [2.05, 4.69) is 20.9 Å². The second-order valence-electron chi connectivity index (χ2n) is 9.80. The minimum atomic E-state index is -0.815. The molecule has 0 aliphatic carbocycles. The highest BCUT2D eigenvalue weighted by atomic mass is 16.3. The molecule has 0 saturated carbocycles. The van der Waals surface area contributed by atoms with Gasteiger partial charge in [0, 0.05) is 23.7 Å². The largest absolute Gasteiger partial charge is 0.506 e. The number of pyridine rings is 1. The summed E-state index contributed by atoms with van der Waals surface area (Å²) in [7, 11) is 0. The van der Waals surface area contributed by atoms with Crippen molar-refractivity contribution in [1.82, 2.24) is 15.6 Å². The van der Waals surface area contributed by atoms with Gasteiger partial charge in [-0.1, -0.05) is 78.9 Å². The Balaban J connectivity index is 1.13. The molecule has 1 aromatic heterocycles. The molecule has 5 rings (SSSR count). The number of carbonyl (C=O) groups is 1. The quantitative estimate of drug-likeness (QED) is 0.137. The first-order valence-electron chi connectivity index (χ1n) is 13.5. The third kappa shape index (κ3) is 7.00. The zero-order valence-corrected chi connectivity index (χ0v) is 22.4. The number of benzene rings is 4. The Hall–Kier alpha value is -4.92. The fourth-order valence-electron chi connectivity index (χ4n) is 4.83. The number of urea groups is 1. The number of aromatic hydroxyl groups is 1. The van der Waals surface area contributed by atoms with E-state index >= 15 is 0 Å². The number of fused-ring (bicyclic) bond motifs is 1. The maximum atomic E-state index is 12.9. The molecule has 0 radical (unpaired) electrons. The van der Waals surface area contributed by atoms with Crippen molar-refractivity contribution in [3.63, 3.8) is 0 Å². The van der Waals surface area contributed by atoms with Gasteiger partial charge in [0.2, 0.25) is 5.56 Å². The topological polar surface area (TPSA) is 126 Å². The highest BCUT2D eigenvalue weighted by Gasteiger charge is 2.17. The minimum Gasteiger partial charge on any atom is -0.506 e. The first-order chi connectivity index (χ1) is 20.0. The third-order valence-corrected chi connectivity index (χ3v) is 6.95. The van der Waals surface area contributed by atoms with E-state index in [0.29, 0.717) is 35.2 Å². The summed E-state index contributed by atoms with van der Waals surface area (Å²) in [5.74, 6) is -0.0377. The molecule has 1 atom stereocenters. The van der Waals surface area contributed by atoms with E-state index in [1.165, 1.54) is 12.1 Å². The summed E-state index contributed by atoms with van der Waals surface area (Å²) in [5.41, 5.74) is 4.38. The molecule has 0 aliphatic heterocycles.